The molecule has 0 aliphatic rings. The van der Waals surface area contributed by atoms with Gasteiger partial charge in [0.1, 0.15) is 5.78 Å². The summed E-state index contributed by atoms with van der Waals surface area (Å²) < 4.78 is 12.6. The Morgan fingerprint density at radius 3 is 2.68 bits per heavy atom. The fourth-order valence-corrected chi connectivity index (χ4v) is 4.15. The maximum atomic E-state index is 11.7. The van der Waals surface area contributed by atoms with Crippen molar-refractivity contribution in [1.29, 1.82) is 0 Å². The molecule has 1 amide bonds. The Hall–Kier alpha value is -1.14. The molecule has 0 fully saturated rings. The number of carbonyl (C=O) groups excluding carboxylic acids is 2. The molecule has 1 heterocycles. The van der Waals surface area contributed by atoms with Crippen LogP contribution < -0.4 is 11.1 Å². The lowest BCUT2D eigenvalue weighted by atomic mass is 10.2. The third kappa shape index (κ3) is 12.3. The Balaban J connectivity index is 1.84. The van der Waals surface area contributed by atoms with Crippen LogP contribution in [0.5, 0.6) is 0 Å². The van der Waals surface area contributed by atoms with E-state index in [0.29, 0.717) is 63.9 Å². The summed E-state index contributed by atoms with van der Waals surface area (Å²) in [6.45, 7) is 6.82. The second kappa shape index (κ2) is 15.7. The third-order valence-corrected chi connectivity index (χ3v) is 6.00. The van der Waals surface area contributed by atoms with E-state index in [9.17, 15) is 9.59 Å². The van der Waals surface area contributed by atoms with Crippen molar-refractivity contribution in [2.24, 2.45) is 5.73 Å². The summed E-state index contributed by atoms with van der Waals surface area (Å²) >= 11 is 0. The lowest BCUT2D eigenvalue weighted by Crippen LogP contribution is -2.32. The smallest absolute Gasteiger partial charge is 0.220 e. The Kier molecular flexibility index (Phi) is 14.0. The maximum absolute atomic E-state index is 11.7. The molecule has 1 rings (SSSR count). The van der Waals surface area contributed by atoms with E-state index in [-0.39, 0.29) is 11.7 Å². The minimum Gasteiger partial charge on any atom is -0.377 e. The van der Waals surface area contributed by atoms with Gasteiger partial charge in [0, 0.05) is 37.1 Å². The van der Waals surface area contributed by atoms with Crippen molar-refractivity contribution >= 4 is 33.3 Å². The number of hydrogen-bond donors (Lipinski definition) is 2. The molecule has 0 saturated carbocycles. The number of aryl methyl sites for hydroxylation is 1. The zero-order valence-electron chi connectivity index (χ0n) is 16.6. The second-order valence-electron chi connectivity index (χ2n) is 5.98. The van der Waals surface area contributed by atoms with Gasteiger partial charge in [0.25, 0.3) is 0 Å². The van der Waals surface area contributed by atoms with E-state index >= 15 is 0 Å². The molecule has 0 aliphatic heterocycles. The Morgan fingerprint density at radius 2 is 2.00 bits per heavy atom. The van der Waals surface area contributed by atoms with Gasteiger partial charge in [-0.3, -0.25) is 9.59 Å². The van der Waals surface area contributed by atoms with Crippen molar-refractivity contribution in [1.82, 2.24) is 20.3 Å². The highest BCUT2D eigenvalue weighted by Crippen LogP contribution is 2.22. The molecule has 1 atom stereocenters. The average Bonchev–Trinajstić information content (AvgIpc) is 3.10. The molecule has 0 radical (unpaired) electrons. The van der Waals surface area contributed by atoms with Gasteiger partial charge in [-0.15, -0.1) is 5.10 Å². The standard InChI is InChI=1S/C17H31N5O4S2/c1-3-16(23)15(18)13-28-27-11-4-17(24)19-5-7-25-9-10-26-8-6-22-12-14(2)20-21-22/h12,15H,3-11,13,18H2,1-2H3,(H,19,24)/t15-/m0/s1. The first-order valence-corrected chi connectivity index (χ1v) is 11.8. The molecular formula is C17H31N5O4S2. The predicted octanol–water partition coefficient (Wildman–Crippen LogP) is 0.814. The molecule has 1 aromatic rings. The van der Waals surface area contributed by atoms with Gasteiger partial charge in [-0.25, -0.2) is 4.68 Å². The summed E-state index contributed by atoms with van der Waals surface area (Å²) in [5, 5.41) is 10.6. The number of ether oxygens (including phenoxy) is 2. The van der Waals surface area contributed by atoms with Gasteiger partial charge in [-0.1, -0.05) is 33.7 Å². The van der Waals surface area contributed by atoms with Gasteiger partial charge in [0.05, 0.1) is 44.7 Å². The summed E-state index contributed by atoms with van der Waals surface area (Å²) in [6, 6.07) is -0.413. The lowest BCUT2D eigenvalue weighted by Gasteiger charge is -2.09. The van der Waals surface area contributed by atoms with Crippen LogP contribution in [0.3, 0.4) is 0 Å². The van der Waals surface area contributed by atoms with E-state index in [4.69, 9.17) is 15.2 Å². The van der Waals surface area contributed by atoms with Gasteiger partial charge in [-0.2, -0.15) is 0 Å². The summed E-state index contributed by atoms with van der Waals surface area (Å²) in [5.74, 6) is 1.32. The minimum atomic E-state index is -0.413. The van der Waals surface area contributed by atoms with Crippen molar-refractivity contribution in [3.05, 3.63) is 11.9 Å². The van der Waals surface area contributed by atoms with Crippen molar-refractivity contribution in [2.45, 2.75) is 39.3 Å². The van der Waals surface area contributed by atoms with Gasteiger partial charge in [0.2, 0.25) is 5.91 Å². The molecule has 0 unspecified atom stereocenters. The number of carbonyl (C=O) groups is 2. The predicted molar refractivity (Wildman–Crippen MR) is 112 cm³/mol. The van der Waals surface area contributed by atoms with Crippen molar-refractivity contribution in [3.8, 4) is 0 Å². The van der Waals surface area contributed by atoms with Crippen molar-refractivity contribution in [3.63, 3.8) is 0 Å². The van der Waals surface area contributed by atoms with Crippen LogP contribution in [0.15, 0.2) is 6.20 Å². The molecule has 0 aliphatic carbocycles. The second-order valence-corrected chi connectivity index (χ2v) is 8.61. The zero-order chi connectivity index (χ0) is 20.6. The SMILES string of the molecule is CCC(=O)[C@@H](N)CSSCCC(=O)NCCOCCOCCn1cc(C)nn1. The van der Waals surface area contributed by atoms with Gasteiger partial charge < -0.3 is 20.5 Å². The highest BCUT2D eigenvalue weighted by atomic mass is 33.1. The Bertz CT molecular complexity index is 573. The van der Waals surface area contributed by atoms with Crippen LogP contribution in [0, 0.1) is 6.92 Å². The van der Waals surface area contributed by atoms with Crippen molar-refractivity contribution in [2.75, 3.05) is 44.5 Å². The Morgan fingerprint density at radius 1 is 1.25 bits per heavy atom. The number of aromatic nitrogens is 3. The third-order valence-electron chi connectivity index (χ3n) is 3.56. The van der Waals surface area contributed by atoms with E-state index in [1.807, 2.05) is 20.0 Å². The number of nitrogens with zero attached hydrogens (tertiary/aromatic N) is 3. The number of Topliss-reactive ketones (excluding diaryl/α,β-unsaturated/α-hetero) is 1. The number of nitrogens with one attached hydrogen (secondary N) is 1. The van der Waals surface area contributed by atoms with Crippen LogP contribution in [0.25, 0.3) is 0 Å². The number of nitrogens with two attached hydrogens (primary N) is 1. The lowest BCUT2D eigenvalue weighted by molar-refractivity contribution is -0.121. The zero-order valence-corrected chi connectivity index (χ0v) is 18.2. The topological polar surface area (TPSA) is 121 Å². The van der Waals surface area contributed by atoms with Gasteiger partial charge in [-0.05, 0) is 6.92 Å². The number of ketones is 1. The molecule has 0 bridgehead atoms. The molecule has 0 aromatic carbocycles. The van der Waals surface area contributed by atoms with Crippen LogP contribution >= 0.6 is 21.6 Å². The first kappa shape index (κ1) is 24.9. The number of hydrogen-bond acceptors (Lipinski definition) is 9. The summed E-state index contributed by atoms with van der Waals surface area (Å²) in [6.07, 6.45) is 2.76. The fourth-order valence-electron chi connectivity index (χ4n) is 2.01. The van der Waals surface area contributed by atoms with Crippen molar-refractivity contribution < 1.29 is 19.1 Å². The first-order valence-electron chi connectivity index (χ1n) is 9.34. The molecule has 9 nitrogen and oxygen atoms in total. The van der Waals surface area contributed by atoms with Crippen LogP contribution in [-0.4, -0.2) is 77.2 Å². The molecule has 1 aromatic heterocycles. The first-order chi connectivity index (χ1) is 13.5. The molecular weight excluding hydrogens is 402 g/mol. The fraction of sp³-hybridized carbons (Fsp3) is 0.765. The molecule has 160 valence electrons. The van der Waals surface area contributed by atoms with Gasteiger partial charge >= 0.3 is 0 Å². The molecule has 11 heteroatoms. The van der Waals surface area contributed by atoms with E-state index < -0.39 is 6.04 Å². The van der Waals surface area contributed by atoms with E-state index in [2.05, 4.69) is 15.6 Å². The van der Waals surface area contributed by atoms with E-state index in [1.165, 1.54) is 10.8 Å². The summed E-state index contributed by atoms with van der Waals surface area (Å²) in [5.41, 5.74) is 6.62. The van der Waals surface area contributed by atoms with E-state index in [0.717, 1.165) is 5.69 Å². The largest absolute Gasteiger partial charge is 0.377 e. The molecule has 3 N–H and O–H groups in total. The quantitative estimate of drug-likeness (QED) is 0.271. The van der Waals surface area contributed by atoms with Crippen LogP contribution in [-0.2, 0) is 25.6 Å². The van der Waals surface area contributed by atoms with Crippen LogP contribution in [0.1, 0.15) is 25.5 Å². The molecule has 28 heavy (non-hydrogen) atoms. The maximum Gasteiger partial charge on any atom is 0.220 e. The molecule has 0 spiro atoms. The number of rotatable bonds is 17. The summed E-state index contributed by atoms with van der Waals surface area (Å²) in [7, 11) is 3.09. The van der Waals surface area contributed by atoms with Crippen LogP contribution in [0.2, 0.25) is 0 Å². The normalized spacial score (nSPS) is 12.1. The molecule has 0 saturated heterocycles. The average molecular weight is 434 g/mol. The van der Waals surface area contributed by atoms with Gasteiger partial charge in [0.15, 0.2) is 0 Å². The minimum absolute atomic E-state index is 0.00925. The van der Waals surface area contributed by atoms with Crippen LogP contribution in [0.4, 0.5) is 0 Å². The number of amides is 1. The van der Waals surface area contributed by atoms with E-state index in [1.54, 1.807) is 15.5 Å². The Labute approximate surface area is 174 Å². The highest BCUT2D eigenvalue weighted by molar-refractivity contribution is 8.76. The summed E-state index contributed by atoms with van der Waals surface area (Å²) in [4.78, 5) is 23.1. The monoisotopic (exact) mass is 433 g/mol. The highest BCUT2D eigenvalue weighted by Gasteiger charge is 2.11.